The molecule has 0 aromatic heterocycles. The summed E-state index contributed by atoms with van der Waals surface area (Å²) in [6, 6.07) is 1.51. The van der Waals surface area contributed by atoms with Crippen molar-refractivity contribution in [2.24, 2.45) is 5.16 Å². The summed E-state index contributed by atoms with van der Waals surface area (Å²) in [5.41, 5.74) is -0.475. The van der Waals surface area contributed by atoms with Crippen LogP contribution in [0.1, 0.15) is 0 Å². The van der Waals surface area contributed by atoms with E-state index in [2.05, 4.69) is 20.6 Å². The average Bonchev–Trinajstić information content (AvgIpc) is 2.30. The summed E-state index contributed by atoms with van der Waals surface area (Å²) in [6.07, 6.45) is 0. The SMILES string of the molecule is CON=C(C#N)C(=O)NCC(=O)NCCO. The minimum atomic E-state index is -0.802. The summed E-state index contributed by atoms with van der Waals surface area (Å²) >= 11 is 0. The molecule has 8 heteroatoms. The third-order valence-electron chi connectivity index (χ3n) is 1.35. The molecular weight excluding hydrogens is 216 g/mol. The average molecular weight is 228 g/mol. The van der Waals surface area contributed by atoms with Gasteiger partial charge < -0.3 is 20.6 Å². The number of carbonyl (C=O) groups excluding carboxylic acids is 2. The third kappa shape index (κ3) is 5.56. The minimum absolute atomic E-state index is 0.103. The van der Waals surface area contributed by atoms with E-state index in [1.807, 2.05) is 0 Å². The number of carbonyl (C=O) groups is 2. The lowest BCUT2D eigenvalue weighted by Crippen LogP contribution is -2.40. The molecule has 8 nitrogen and oxygen atoms in total. The van der Waals surface area contributed by atoms with Gasteiger partial charge in [-0.15, -0.1) is 0 Å². The standard InChI is InChI=1S/C8H12N4O4/c1-16-12-6(4-9)8(15)11-5-7(14)10-2-3-13/h13H,2-3,5H2,1H3,(H,10,14)(H,11,15). The molecule has 0 rings (SSSR count). The Morgan fingerprint density at radius 1 is 1.50 bits per heavy atom. The molecule has 16 heavy (non-hydrogen) atoms. The topological polar surface area (TPSA) is 124 Å². The van der Waals surface area contributed by atoms with Crippen molar-refractivity contribution in [2.75, 3.05) is 26.8 Å². The molecule has 0 aliphatic rings. The number of aliphatic hydroxyl groups is 1. The largest absolute Gasteiger partial charge is 0.398 e. The molecule has 0 bridgehead atoms. The number of nitrogens with one attached hydrogen (secondary N) is 2. The summed E-state index contributed by atoms with van der Waals surface area (Å²) < 4.78 is 0. The lowest BCUT2D eigenvalue weighted by Gasteiger charge is -2.03. The van der Waals surface area contributed by atoms with Gasteiger partial charge in [0, 0.05) is 6.54 Å². The zero-order chi connectivity index (χ0) is 12.4. The smallest absolute Gasteiger partial charge is 0.284 e. The van der Waals surface area contributed by atoms with Crippen LogP contribution in [0.4, 0.5) is 0 Å². The Kier molecular flexibility index (Phi) is 7.10. The van der Waals surface area contributed by atoms with E-state index in [-0.39, 0.29) is 19.7 Å². The maximum Gasteiger partial charge on any atom is 0.284 e. The second kappa shape index (κ2) is 8.19. The molecule has 0 heterocycles. The van der Waals surface area contributed by atoms with Crippen LogP contribution in [0.3, 0.4) is 0 Å². The van der Waals surface area contributed by atoms with Crippen LogP contribution < -0.4 is 10.6 Å². The van der Waals surface area contributed by atoms with Crippen molar-refractivity contribution < 1.29 is 19.5 Å². The van der Waals surface area contributed by atoms with Gasteiger partial charge in [-0.3, -0.25) is 9.59 Å². The van der Waals surface area contributed by atoms with Crippen LogP contribution in [0.15, 0.2) is 5.16 Å². The minimum Gasteiger partial charge on any atom is -0.398 e. The van der Waals surface area contributed by atoms with Crippen LogP contribution in [-0.4, -0.2) is 49.4 Å². The molecule has 0 spiro atoms. The quantitative estimate of drug-likeness (QED) is 0.349. The highest BCUT2D eigenvalue weighted by atomic mass is 16.6. The van der Waals surface area contributed by atoms with Gasteiger partial charge in [0.25, 0.3) is 5.91 Å². The van der Waals surface area contributed by atoms with Gasteiger partial charge in [0.2, 0.25) is 11.6 Å². The van der Waals surface area contributed by atoms with E-state index in [0.29, 0.717) is 0 Å². The number of rotatable bonds is 6. The third-order valence-corrected chi connectivity index (χ3v) is 1.35. The van der Waals surface area contributed by atoms with Crippen molar-refractivity contribution in [1.82, 2.24) is 10.6 Å². The highest BCUT2D eigenvalue weighted by Crippen LogP contribution is 1.79. The molecular formula is C8H12N4O4. The number of oxime groups is 1. The van der Waals surface area contributed by atoms with Crippen LogP contribution in [0.5, 0.6) is 0 Å². The van der Waals surface area contributed by atoms with Gasteiger partial charge in [-0.05, 0) is 0 Å². The van der Waals surface area contributed by atoms with Gasteiger partial charge in [0.05, 0.1) is 13.2 Å². The maximum atomic E-state index is 11.2. The molecule has 0 atom stereocenters. The summed E-state index contributed by atoms with van der Waals surface area (Å²) in [7, 11) is 1.19. The van der Waals surface area contributed by atoms with E-state index in [4.69, 9.17) is 10.4 Å². The van der Waals surface area contributed by atoms with Gasteiger partial charge in [0.15, 0.2) is 0 Å². The van der Waals surface area contributed by atoms with Crippen molar-refractivity contribution >= 4 is 17.5 Å². The lowest BCUT2D eigenvalue weighted by atomic mass is 10.4. The molecule has 0 saturated heterocycles. The first-order valence-electron chi connectivity index (χ1n) is 4.32. The highest BCUT2D eigenvalue weighted by Gasteiger charge is 2.12. The lowest BCUT2D eigenvalue weighted by molar-refractivity contribution is -0.123. The van der Waals surface area contributed by atoms with E-state index in [1.165, 1.54) is 13.2 Å². The summed E-state index contributed by atoms with van der Waals surface area (Å²) in [4.78, 5) is 26.4. The first-order valence-corrected chi connectivity index (χ1v) is 4.32. The van der Waals surface area contributed by atoms with Crippen molar-refractivity contribution in [1.29, 1.82) is 5.26 Å². The molecule has 0 radical (unpaired) electrons. The van der Waals surface area contributed by atoms with Gasteiger partial charge in [0.1, 0.15) is 13.2 Å². The van der Waals surface area contributed by atoms with Crippen LogP contribution >= 0.6 is 0 Å². The Morgan fingerprint density at radius 2 is 2.19 bits per heavy atom. The van der Waals surface area contributed by atoms with E-state index in [0.717, 1.165) is 0 Å². The number of aliphatic hydroxyl groups excluding tert-OH is 1. The predicted octanol–water partition coefficient (Wildman–Crippen LogP) is -2.26. The van der Waals surface area contributed by atoms with E-state index < -0.39 is 17.5 Å². The van der Waals surface area contributed by atoms with Crippen molar-refractivity contribution in [3.8, 4) is 6.07 Å². The van der Waals surface area contributed by atoms with Gasteiger partial charge in [-0.1, -0.05) is 5.16 Å². The Morgan fingerprint density at radius 3 is 2.69 bits per heavy atom. The number of hydrogen-bond acceptors (Lipinski definition) is 6. The molecule has 0 saturated carbocycles. The number of nitrogens with zero attached hydrogens (tertiary/aromatic N) is 2. The zero-order valence-corrected chi connectivity index (χ0v) is 8.69. The van der Waals surface area contributed by atoms with E-state index >= 15 is 0 Å². The molecule has 0 aliphatic heterocycles. The first-order chi connectivity index (χ1) is 7.65. The molecule has 0 fully saturated rings. The normalized spacial score (nSPS) is 10.2. The molecule has 0 unspecified atom stereocenters. The number of nitriles is 1. The van der Waals surface area contributed by atoms with Crippen molar-refractivity contribution in [2.45, 2.75) is 0 Å². The summed E-state index contributed by atoms with van der Waals surface area (Å²) in [6.45, 7) is -0.385. The van der Waals surface area contributed by atoms with Crippen LogP contribution in [0.25, 0.3) is 0 Å². The summed E-state index contributed by atoms with van der Waals surface area (Å²) in [5, 5.41) is 24.5. The molecule has 0 aromatic carbocycles. The summed E-state index contributed by atoms with van der Waals surface area (Å²) in [5.74, 6) is -1.28. The predicted molar refractivity (Wildman–Crippen MR) is 53.2 cm³/mol. The fraction of sp³-hybridized carbons (Fsp3) is 0.500. The van der Waals surface area contributed by atoms with E-state index in [9.17, 15) is 9.59 Å². The highest BCUT2D eigenvalue weighted by molar-refractivity contribution is 6.45. The molecule has 2 amide bonds. The Bertz CT molecular complexity index is 320. The van der Waals surface area contributed by atoms with Gasteiger partial charge >= 0.3 is 0 Å². The van der Waals surface area contributed by atoms with Crippen LogP contribution in [0, 0.1) is 11.3 Å². The maximum absolute atomic E-state index is 11.2. The van der Waals surface area contributed by atoms with E-state index in [1.54, 1.807) is 0 Å². The Hall–Kier alpha value is -2.14. The molecule has 0 aromatic rings. The number of hydrogen-bond donors (Lipinski definition) is 3. The Labute approximate surface area is 91.9 Å². The zero-order valence-electron chi connectivity index (χ0n) is 8.69. The first kappa shape index (κ1) is 13.9. The van der Waals surface area contributed by atoms with Crippen molar-refractivity contribution in [3.05, 3.63) is 0 Å². The van der Waals surface area contributed by atoms with Gasteiger partial charge in [-0.25, -0.2) is 0 Å². The molecule has 3 N–H and O–H groups in total. The number of amides is 2. The monoisotopic (exact) mass is 228 g/mol. The van der Waals surface area contributed by atoms with Crippen molar-refractivity contribution in [3.63, 3.8) is 0 Å². The van der Waals surface area contributed by atoms with Crippen LogP contribution in [0.2, 0.25) is 0 Å². The van der Waals surface area contributed by atoms with Gasteiger partial charge in [-0.2, -0.15) is 5.26 Å². The fourth-order valence-corrected chi connectivity index (χ4v) is 0.706. The second-order valence-electron chi connectivity index (χ2n) is 2.49. The molecule has 88 valence electrons. The Balaban J connectivity index is 4.02. The molecule has 0 aliphatic carbocycles. The second-order valence-corrected chi connectivity index (χ2v) is 2.49. The van der Waals surface area contributed by atoms with Crippen LogP contribution in [-0.2, 0) is 14.4 Å². The fourth-order valence-electron chi connectivity index (χ4n) is 0.706.